The van der Waals surface area contributed by atoms with E-state index in [9.17, 15) is 23.1 Å². The molecule has 0 aliphatic carbocycles. The summed E-state index contributed by atoms with van der Waals surface area (Å²) in [6.07, 6.45) is 2.87. The van der Waals surface area contributed by atoms with Gasteiger partial charge in [0.25, 0.3) is 5.91 Å². The predicted octanol–water partition coefficient (Wildman–Crippen LogP) is 2.90. The second-order valence-corrected chi connectivity index (χ2v) is 12.6. The summed E-state index contributed by atoms with van der Waals surface area (Å²) in [6.45, 7) is 10.2. The van der Waals surface area contributed by atoms with Crippen LogP contribution in [-0.2, 0) is 14.8 Å². The van der Waals surface area contributed by atoms with Crippen molar-refractivity contribution in [2.75, 3.05) is 44.3 Å². The van der Waals surface area contributed by atoms with E-state index >= 15 is 0 Å². The number of carbonyl (C=O) groups excluding carboxylic acids is 2. The predicted molar refractivity (Wildman–Crippen MR) is 152 cm³/mol. The van der Waals surface area contributed by atoms with Gasteiger partial charge in [-0.05, 0) is 65.2 Å². The van der Waals surface area contributed by atoms with Gasteiger partial charge in [0, 0.05) is 44.4 Å². The molecule has 4 atom stereocenters. The van der Waals surface area contributed by atoms with Gasteiger partial charge in [-0.3, -0.25) is 9.52 Å². The number of amides is 3. The quantitative estimate of drug-likeness (QED) is 0.458. The number of nitrogens with zero attached hydrogens (tertiary/aromatic N) is 2. The van der Waals surface area contributed by atoms with Crippen LogP contribution in [0.3, 0.4) is 0 Å². The van der Waals surface area contributed by atoms with Crippen LogP contribution in [-0.4, -0.2) is 99.2 Å². The van der Waals surface area contributed by atoms with Crippen molar-refractivity contribution in [3.8, 4) is 5.75 Å². The molecule has 0 unspecified atom stereocenters. The molecule has 0 bridgehead atoms. The molecule has 1 heterocycles. The number of aliphatic hydroxyl groups is 1. The number of rotatable bonds is 7. The first-order valence-electron chi connectivity index (χ1n) is 13.5. The van der Waals surface area contributed by atoms with Crippen LogP contribution in [0.15, 0.2) is 18.2 Å². The maximum atomic E-state index is 14.0. The first-order valence-corrected chi connectivity index (χ1v) is 15.4. The maximum Gasteiger partial charge on any atom is 0.317 e. The van der Waals surface area contributed by atoms with Crippen molar-refractivity contribution in [1.82, 2.24) is 15.1 Å². The summed E-state index contributed by atoms with van der Waals surface area (Å²) in [5, 5.41) is 12.9. The van der Waals surface area contributed by atoms with Crippen LogP contribution >= 0.6 is 0 Å². The third kappa shape index (κ3) is 10.5. The van der Waals surface area contributed by atoms with Crippen LogP contribution in [0.5, 0.6) is 5.75 Å². The van der Waals surface area contributed by atoms with Crippen LogP contribution in [0.25, 0.3) is 0 Å². The van der Waals surface area contributed by atoms with E-state index in [0.717, 1.165) is 25.5 Å². The van der Waals surface area contributed by atoms with Gasteiger partial charge in [0.15, 0.2) is 0 Å². The van der Waals surface area contributed by atoms with E-state index in [1.165, 1.54) is 6.07 Å². The summed E-state index contributed by atoms with van der Waals surface area (Å²) >= 11 is 0. The Kier molecular flexibility index (Phi) is 12.3. The number of carbonyl (C=O) groups is 2. The third-order valence-corrected chi connectivity index (χ3v) is 7.17. The van der Waals surface area contributed by atoms with E-state index in [0.29, 0.717) is 18.9 Å². The molecule has 0 radical (unpaired) electrons. The fourth-order valence-electron chi connectivity index (χ4n) is 4.37. The summed E-state index contributed by atoms with van der Waals surface area (Å²) < 4.78 is 38.5. The van der Waals surface area contributed by atoms with E-state index in [1.807, 2.05) is 27.7 Å². The molecule has 1 aliphatic heterocycles. The molecule has 0 aromatic heterocycles. The van der Waals surface area contributed by atoms with E-state index in [2.05, 4.69) is 10.0 Å². The Labute approximate surface area is 233 Å². The Morgan fingerprint density at radius 1 is 1.23 bits per heavy atom. The van der Waals surface area contributed by atoms with Gasteiger partial charge in [0.2, 0.25) is 10.0 Å². The van der Waals surface area contributed by atoms with Crippen LogP contribution in [0.4, 0.5) is 10.5 Å². The molecule has 222 valence electrons. The monoisotopic (exact) mass is 570 g/mol. The zero-order valence-electron chi connectivity index (χ0n) is 24.3. The molecule has 1 aromatic rings. The van der Waals surface area contributed by atoms with Crippen LogP contribution in [0, 0.1) is 5.92 Å². The Morgan fingerprint density at radius 3 is 2.54 bits per heavy atom. The van der Waals surface area contributed by atoms with Crippen LogP contribution < -0.4 is 14.8 Å². The standard InChI is InChI=1S/C27H46N4O7S/c1-18(2)28-27(34)30(6)16-25-19(3)15-31(20(4)17-32)26(33)23-14-22(29-39(7,35)36)11-12-24(23)38-21(5)10-8-9-13-37-25/h11-12,14,18-21,25,29,32H,8-10,13,15-17H2,1-7H3,(H,28,34)/t19-,20-,21+,25+/m0/s1. The summed E-state index contributed by atoms with van der Waals surface area (Å²) in [6, 6.07) is 3.88. The molecule has 1 aromatic carbocycles. The molecule has 0 spiro atoms. The summed E-state index contributed by atoms with van der Waals surface area (Å²) in [7, 11) is -1.86. The minimum Gasteiger partial charge on any atom is -0.490 e. The number of urea groups is 1. The molecule has 1 aliphatic rings. The number of hydrogen-bond acceptors (Lipinski definition) is 7. The molecule has 39 heavy (non-hydrogen) atoms. The maximum absolute atomic E-state index is 14.0. The van der Waals surface area contributed by atoms with Crippen molar-refractivity contribution in [1.29, 1.82) is 0 Å². The number of ether oxygens (including phenoxy) is 2. The van der Waals surface area contributed by atoms with E-state index < -0.39 is 22.0 Å². The molecule has 2 rings (SSSR count). The Balaban J connectivity index is 2.46. The second-order valence-electron chi connectivity index (χ2n) is 10.9. The zero-order chi connectivity index (χ0) is 29.3. The number of benzene rings is 1. The number of fused-ring (bicyclic) bond motifs is 1. The van der Waals surface area contributed by atoms with E-state index in [4.69, 9.17) is 9.47 Å². The summed E-state index contributed by atoms with van der Waals surface area (Å²) in [4.78, 5) is 29.7. The van der Waals surface area contributed by atoms with Crippen molar-refractivity contribution >= 4 is 27.6 Å². The van der Waals surface area contributed by atoms with Crippen LogP contribution in [0.1, 0.15) is 64.2 Å². The molecular weight excluding hydrogens is 524 g/mol. The zero-order valence-corrected chi connectivity index (χ0v) is 25.1. The van der Waals surface area contributed by atoms with Crippen molar-refractivity contribution in [3.63, 3.8) is 0 Å². The highest BCUT2D eigenvalue weighted by Gasteiger charge is 2.31. The minimum absolute atomic E-state index is 0.00726. The molecular formula is C27H46N4O7S. The van der Waals surface area contributed by atoms with Gasteiger partial charge in [-0.25, -0.2) is 13.2 Å². The highest BCUT2D eigenvalue weighted by Crippen LogP contribution is 2.28. The highest BCUT2D eigenvalue weighted by molar-refractivity contribution is 7.92. The molecule has 0 saturated heterocycles. The number of anilines is 1. The fourth-order valence-corrected chi connectivity index (χ4v) is 4.93. The summed E-state index contributed by atoms with van der Waals surface area (Å²) in [5.74, 6) is -0.241. The van der Waals surface area contributed by atoms with Crippen molar-refractivity contribution in [2.45, 2.75) is 78.2 Å². The topological polar surface area (TPSA) is 138 Å². The van der Waals surface area contributed by atoms with Gasteiger partial charge in [0.05, 0.1) is 36.7 Å². The van der Waals surface area contributed by atoms with Crippen molar-refractivity contribution in [3.05, 3.63) is 23.8 Å². The molecule has 0 fully saturated rings. The number of hydrogen-bond donors (Lipinski definition) is 3. The molecule has 3 amide bonds. The van der Waals surface area contributed by atoms with Gasteiger partial charge in [0.1, 0.15) is 5.75 Å². The lowest BCUT2D eigenvalue weighted by Gasteiger charge is -2.36. The number of sulfonamides is 1. The highest BCUT2D eigenvalue weighted by atomic mass is 32.2. The van der Waals surface area contributed by atoms with Gasteiger partial charge >= 0.3 is 6.03 Å². The summed E-state index contributed by atoms with van der Waals surface area (Å²) in [5.41, 5.74) is 0.441. The third-order valence-electron chi connectivity index (χ3n) is 6.57. The smallest absolute Gasteiger partial charge is 0.317 e. The van der Waals surface area contributed by atoms with Gasteiger partial charge in [-0.15, -0.1) is 0 Å². The lowest BCUT2D eigenvalue weighted by Crippen LogP contribution is -2.49. The normalized spacial score (nSPS) is 22.3. The lowest BCUT2D eigenvalue weighted by atomic mass is 10.0. The largest absolute Gasteiger partial charge is 0.490 e. The number of aliphatic hydroxyl groups excluding tert-OH is 1. The Hall–Kier alpha value is -2.57. The molecule has 3 N–H and O–H groups in total. The number of likely N-dealkylation sites (N-methyl/N-ethyl adjacent to an activating group) is 1. The molecule has 0 saturated carbocycles. The SMILES string of the molecule is CC(C)NC(=O)N(C)C[C@H]1OCCCC[C@@H](C)Oc2ccc(NS(C)(=O)=O)cc2C(=O)N([C@@H](C)CO)C[C@@H]1C. The lowest BCUT2D eigenvalue weighted by molar-refractivity contribution is -0.0122. The van der Waals surface area contributed by atoms with Crippen molar-refractivity contribution in [2.24, 2.45) is 5.92 Å². The Morgan fingerprint density at radius 2 is 1.92 bits per heavy atom. The number of nitrogens with one attached hydrogen (secondary N) is 2. The van der Waals surface area contributed by atoms with E-state index in [-0.39, 0.29) is 54.6 Å². The molecule has 11 nitrogen and oxygen atoms in total. The average molecular weight is 571 g/mol. The first kappa shape index (κ1) is 32.6. The Bertz CT molecular complexity index is 1070. The van der Waals surface area contributed by atoms with Crippen LogP contribution in [0.2, 0.25) is 0 Å². The fraction of sp³-hybridized carbons (Fsp3) is 0.704. The average Bonchev–Trinajstić information content (AvgIpc) is 2.84. The van der Waals surface area contributed by atoms with Crippen molar-refractivity contribution < 1.29 is 32.6 Å². The van der Waals surface area contributed by atoms with Gasteiger partial charge < -0.3 is 29.7 Å². The second kappa shape index (κ2) is 14.7. The van der Waals surface area contributed by atoms with Gasteiger partial charge in [-0.2, -0.15) is 0 Å². The van der Waals surface area contributed by atoms with E-state index in [1.54, 1.807) is 35.9 Å². The molecule has 12 heteroatoms. The minimum atomic E-state index is -3.57. The first-order chi connectivity index (χ1) is 18.2. The van der Waals surface area contributed by atoms with Gasteiger partial charge in [-0.1, -0.05) is 6.92 Å².